The van der Waals surface area contributed by atoms with Gasteiger partial charge in [-0.15, -0.1) is 0 Å². The number of morpholine rings is 1. The Morgan fingerprint density at radius 1 is 1.17 bits per heavy atom. The largest absolute Gasteiger partial charge is 0.379 e. The molecule has 158 valence electrons. The van der Waals surface area contributed by atoms with Crippen LogP contribution in [0, 0.1) is 13.8 Å². The molecule has 0 spiro atoms. The van der Waals surface area contributed by atoms with Gasteiger partial charge in [-0.25, -0.2) is 4.98 Å². The fraction of sp³-hybridized carbons (Fsp3) is 0.391. The van der Waals surface area contributed by atoms with Crippen molar-refractivity contribution in [1.29, 1.82) is 0 Å². The normalized spacial score (nSPS) is 14.9. The maximum absolute atomic E-state index is 13.4. The number of rotatable bonds is 6. The Morgan fingerprint density at radius 3 is 2.63 bits per heavy atom. The summed E-state index contributed by atoms with van der Waals surface area (Å²) >= 11 is 7.59. The van der Waals surface area contributed by atoms with Gasteiger partial charge >= 0.3 is 0 Å². The topological polar surface area (TPSA) is 45.7 Å². The summed E-state index contributed by atoms with van der Waals surface area (Å²) in [5, 5.41) is 1.37. The Hall–Kier alpha value is -1.99. The molecule has 1 aliphatic heterocycles. The first-order valence-electron chi connectivity index (χ1n) is 10.3. The second kappa shape index (κ2) is 9.43. The Bertz CT molecular complexity index is 1030. The lowest BCUT2D eigenvalue weighted by Crippen LogP contribution is -2.39. The van der Waals surface area contributed by atoms with Crippen molar-refractivity contribution in [3.63, 3.8) is 0 Å². The molecule has 1 aliphatic rings. The zero-order valence-corrected chi connectivity index (χ0v) is 18.9. The molecule has 5 nitrogen and oxygen atoms in total. The van der Waals surface area contributed by atoms with E-state index >= 15 is 0 Å². The summed E-state index contributed by atoms with van der Waals surface area (Å²) in [4.78, 5) is 22.5. The lowest BCUT2D eigenvalue weighted by Gasteiger charge is -2.27. The summed E-state index contributed by atoms with van der Waals surface area (Å²) in [7, 11) is 0. The van der Waals surface area contributed by atoms with Crippen molar-refractivity contribution >= 4 is 44.2 Å². The molecule has 4 rings (SSSR count). The van der Waals surface area contributed by atoms with E-state index in [9.17, 15) is 4.79 Å². The monoisotopic (exact) mass is 443 g/mol. The summed E-state index contributed by atoms with van der Waals surface area (Å²) in [5.41, 5.74) is 3.99. The average molecular weight is 444 g/mol. The van der Waals surface area contributed by atoms with Gasteiger partial charge in [0.05, 0.1) is 23.4 Å². The van der Waals surface area contributed by atoms with E-state index in [-0.39, 0.29) is 5.91 Å². The van der Waals surface area contributed by atoms with Crippen molar-refractivity contribution in [3.05, 3.63) is 58.1 Å². The number of aromatic nitrogens is 1. The van der Waals surface area contributed by atoms with E-state index in [1.807, 2.05) is 4.90 Å². The lowest BCUT2D eigenvalue weighted by atomic mass is 10.1. The summed E-state index contributed by atoms with van der Waals surface area (Å²) in [6, 6.07) is 11.3. The summed E-state index contributed by atoms with van der Waals surface area (Å²) in [6.45, 7) is 9.20. The summed E-state index contributed by atoms with van der Waals surface area (Å²) < 4.78 is 6.54. The number of hydrogen-bond donors (Lipinski definition) is 0. The molecule has 30 heavy (non-hydrogen) atoms. The van der Waals surface area contributed by atoms with Crippen molar-refractivity contribution in [3.8, 4) is 0 Å². The van der Waals surface area contributed by atoms with Crippen LogP contribution in [0.4, 0.5) is 5.13 Å². The van der Waals surface area contributed by atoms with Crippen LogP contribution >= 0.6 is 22.9 Å². The van der Waals surface area contributed by atoms with Gasteiger partial charge in [0, 0.05) is 36.8 Å². The van der Waals surface area contributed by atoms with E-state index in [1.165, 1.54) is 11.1 Å². The second-order valence-electron chi connectivity index (χ2n) is 7.62. The number of carbonyl (C=O) groups is 1. The summed E-state index contributed by atoms with van der Waals surface area (Å²) in [5.74, 6) is -0.0397. The highest BCUT2D eigenvalue weighted by Crippen LogP contribution is 2.33. The Labute approximate surface area is 186 Å². The fourth-order valence-electron chi connectivity index (χ4n) is 3.64. The molecule has 0 N–H and O–H groups in total. The molecule has 3 aromatic rings. The first-order valence-corrected chi connectivity index (χ1v) is 11.5. The minimum atomic E-state index is -0.0397. The van der Waals surface area contributed by atoms with E-state index in [4.69, 9.17) is 21.3 Å². The first-order chi connectivity index (χ1) is 14.5. The Kier molecular flexibility index (Phi) is 6.68. The van der Waals surface area contributed by atoms with Crippen molar-refractivity contribution in [2.45, 2.75) is 20.3 Å². The number of halogens is 1. The molecule has 1 fully saturated rings. The fourth-order valence-corrected chi connectivity index (χ4v) is 4.81. The smallest absolute Gasteiger partial charge is 0.260 e. The van der Waals surface area contributed by atoms with Crippen LogP contribution in [0.3, 0.4) is 0 Å². The van der Waals surface area contributed by atoms with Crippen LogP contribution in [0.5, 0.6) is 0 Å². The summed E-state index contributed by atoms with van der Waals surface area (Å²) in [6.07, 6.45) is 0.882. The molecule has 0 unspecified atom stereocenters. The van der Waals surface area contributed by atoms with Crippen molar-refractivity contribution in [1.82, 2.24) is 9.88 Å². The van der Waals surface area contributed by atoms with Gasteiger partial charge in [-0.1, -0.05) is 29.0 Å². The highest BCUT2D eigenvalue weighted by Gasteiger charge is 2.22. The minimum Gasteiger partial charge on any atom is -0.379 e. The van der Waals surface area contributed by atoms with Crippen molar-refractivity contribution in [2.24, 2.45) is 0 Å². The van der Waals surface area contributed by atoms with E-state index in [0.717, 1.165) is 54.6 Å². The van der Waals surface area contributed by atoms with Crippen LogP contribution in [0.15, 0.2) is 36.4 Å². The molecule has 1 amide bonds. The van der Waals surface area contributed by atoms with Gasteiger partial charge in [0.2, 0.25) is 0 Å². The third-order valence-corrected chi connectivity index (χ3v) is 6.90. The van der Waals surface area contributed by atoms with E-state index in [2.05, 4.69) is 30.9 Å². The molecule has 0 saturated carbocycles. The molecule has 0 bridgehead atoms. The lowest BCUT2D eigenvalue weighted by molar-refractivity contribution is 0.0376. The maximum Gasteiger partial charge on any atom is 0.260 e. The van der Waals surface area contributed by atoms with Crippen LogP contribution in [0.25, 0.3) is 10.2 Å². The number of nitrogens with zero attached hydrogens (tertiary/aromatic N) is 3. The van der Waals surface area contributed by atoms with Gasteiger partial charge in [-0.05, 0) is 61.7 Å². The SMILES string of the molecule is Cc1ccc2sc(N(CCCN3CCOCC3)C(=O)c3ccc(Cl)cc3)nc2c1C. The van der Waals surface area contributed by atoms with Crippen LogP contribution in [-0.4, -0.2) is 55.2 Å². The zero-order valence-electron chi connectivity index (χ0n) is 17.4. The number of ether oxygens (including phenoxy) is 1. The molecule has 0 radical (unpaired) electrons. The third-order valence-electron chi connectivity index (χ3n) is 5.60. The molecular weight excluding hydrogens is 418 g/mol. The third kappa shape index (κ3) is 4.67. The minimum absolute atomic E-state index is 0.0397. The number of aryl methyl sites for hydroxylation is 2. The molecule has 1 aromatic heterocycles. The predicted octanol–water partition coefficient (Wildman–Crippen LogP) is 4.94. The van der Waals surface area contributed by atoms with Crippen LogP contribution < -0.4 is 4.90 Å². The number of fused-ring (bicyclic) bond motifs is 1. The number of carbonyl (C=O) groups excluding carboxylic acids is 1. The van der Waals surface area contributed by atoms with Gasteiger partial charge in [0.15, 0.2) is 5.13 Å². The van der Waals surface area contributed by atoms with Crippen LogP contribution in [-0.2, 0) is 4.74 Å². The van der Waals surface area contributed by atoms with Gasteiger partial charge in [0.25, 0.3) is 5.91 Å². The highest BCUT2D eigenvalue weighted by atomic mass is 35.5. The number of benzene rings is 2. The number of thiazole rings is 1. The molecule has 1 saturated heterocycles. The zero-order chi connectivity index (χ0) is 21.1. The standard InChI is InChI=1S/C23H26ClN3O2S/c1-16-4-9-20-21(17(16)2)25-23(30-20)27(11-3-10-26-12-14-29-15-13-26)22(28)18-5-7-19(24)8-6-18/h4-9H,3,10-15H2,1-2H3. The van der Waals surface area contributed by atoms with Gasteiger partial charge in [-0.3, -0.25) is 14.6 Å². The number of amides is 1. The predicted molar refractivity (Wildman–Crippen MR) is 124 cm³/mol. The first kappa shape index (κ1) is 21.2. The average Bonchev–Trinajstić information content (AvgIpc) is 3.19. The van der Waals surface area contributed by atoms with Crippen LogP contribution in [0.1, 0.15) is 27.9 Å². The second-order valence-corrected chi connectivity index (χ2v) is 9.07. The molecule has 0 atom stereocenters. The molecule has 0 aliphatic carbocycles. The highest BCUT2D eigenvalue weighted by molar-refractivity contribution is 7.22. The van der Waals surface area contributed by atoms with E-state index in [1.54, 1.807) is 35.6 Å². The molecule has 7 heteroatoms. The molecule has 2 heterocycles. The van der Waals surface area contributed by atoms with Crippen molar-refractivity contribution < 1.29 is 9.53 Å². The maximum atomic E-state index is 13.4. The van der Waals surface area contributed by atoms with Gasteiger partial charge in [0.1, 0.15) is 0 Å². The van der Waals surface area contributed by atoms with Crippen molar-refractivity contribution in [2.75, 3.05) is 44.3 Å². The van der Waals surface area contributed by atoms with Crippen LogP contribution in [0.2, 0.25) is 5.02 Å². The molecular formula is C23H26ClN3O2S. The van der Waals surface area contributed by atoms with Gasteiger partial charge in [-0.2, -0.15) is 0 Å². The Balaban J connectivity index is 1.59. The van der Waals surface area contributed by atoms with Gasteiger partial charge < -0.3 is 4.74 Å². The number of hydrogen-bond acceptors (Lipinski definition) is 5. The molecule has 2 aromatic carbocycles. The number of anilines is 1. The Morgan fingerprint density at radius 2 is 1.90 bits per heavy atom. The van der Waals surface area contributed by atoms with E-state index in [0.29, 0.717) is 17.1 Å². The quantitative estimate of drug-likeness (QED) is 0.541. The van der Waals surface area contributed by atoms with E-state index < -0.39 is 0 Å².